The fraction of sp³-hybridized carbons (Fsp3) is 0.304. The molecular weight excluding hydrogens is 396 g/mol. The zero-order valence-electron chi connectivity index (χ0n) is 17.1. The Morgan fingerprint density at radius 1 is 1.07 bits per heavy atom. The molecule has 1 N–H and O–H groups in total. The summed E-state index contributed by atoms with van der Waals surface area (Å²) in [4.78, 5) is 21.3. The molecule has 2 aromatic carbocycles. The lowest BCUT2D eigenvalue weighted by atomic mass is 10.1. The first-order valence-corrected chi connectivity index (χ1v) is 11.0. The molecule has 0 atom stereocenters. The third-order valence-corrected chi connectivity index (χ3v) is 6.21. The maximum atomic E-state index is 12.2. The van der Waals surface area contributed by atoms with Gasteiger partial charge in [0, 0.05) is 44.4 Å². The monoisotopic (exact) mass is 422 g/mol. The quantitative estimate of drug-likeness (QED) is 0.623. The minimum Gasteiger partial charge on any atom is -0.497 e. The highest BCUT2D eigenvalue weighted by Gasteiger charge is 2.20. The van der Waals surface area contributed by atoms with Crippen LogP contribution in [0.25, 0.3) is 0 Å². The normalized spacial score (nSPS) is 13.9. The first kappa shape index (κ1) is 20.2. The van der Waals surface area contributed by atoms with Crippen LogP contribution < -0.4 is 19.9 Å². The van der Waals surface area contributed by atoms with Crippen molar-refractivity contribution in [3.8, 4) is 5.75 Å². The summed E-state index contributed by atoms with van der Waals surface area (Å²) in [6.07, 6.45) is 3.05. The lowest BCUT2D eigenvalue weighted by Gasteiger charge is -2.36. The molecule has 0 radical (unpaired) electrons. The molecule has 1 aliphatic heterocycles. The molecule has 2 heterocycles. The van der Waals surface area contributed by atoms with Crippen LogP contribution in [0.15, 0.2) is 60.8 Å². The van der Waals surface area contributed by atoms with Crippen LogP contribution in [-0.2, 0) is 11.2 Å². The fourth-order valence-corrected chi connectivity index (χ4v) is 4.43. The SMILES string of the molecule is COc1cccc(N2CCN(c3cnc(NC(=O)CCc4ccccc4)s3)CC2)c1. The molecule has 3 aromatic rings. The second-order valence-electron chi connectivity index (χ2n) is 7.21. The van der Waals surface area contributed by atoms with E-state index in [0.29, 0.717) is 11.6 Å². The Bertz CT molecular complexity index is 968. The first-order chi connectivity index (χ1) is 14.7. The molecule has 1 amide bonds. The highest BCUT2D eigenvalue weighted by molar-refractivity contribution is 7.19. The van der Waals surface area contributed by atoms with E-state index in [0.717, 1.165) is 43.4 Å². The second-order valence-corrected chi connectivity index (χ2v) is 8.22. The summed E-state index contributed by atoms with van der Waals surface area (Å²) < 4.78 is 5.33. The van der Waals surface area contributed by atoms with Crippen molar-refractivity contribution >= 4 is 33.1 Å². The number of carbonyl (C=O) groups excluding carboxylic acids is 1. The Morgan fingerprint density at radius 3 is 2.60 bits per heavy atom. The molecule has 7 heteroatoms. The summed E-state index contributed by atoms with van der Waals surface area (Å²) in [5.74, 6) is 0.882. The molecule has 6 nitrogen and oxygen atoms in total. The molecule has 4 rings (SSSR count). The largest absolute Gasteiger partial charge is 0.497 e. The highest BCUT2D eigenvalue weighted by atomic mass is 32.1. The van der Waals surface area contributed by atoms with E-state index in [1.54, 1.807) is 7.11 Å². The number of aromatic nitrogens is 1. The van der Waals surface area contributed by atoms with E-state index >= 15 is 0 Å². The smallest absolute Gasteiger partial charge is 0.226 e. The highest BCUT2D eigenvalue weighted by Crippen LogP contribution is 2.29. The van der Waals surface area contributed by atoms with Crippen molar-refractivity contribution in [2.45, 2.75) is 12.8 Å². The summed E-state index contributed by atoms with van der Waals surface area (Å²) >= 11 is 1.54. The summed E-state index contributed by atoms with van der Waals surface area (Å²) in [7, 11) is 1.69. The number of ether oxygens (including phenoxy) is 1. The van der Waals surface area contributed by atoms with Crippen molar-refractivity contribution in [1.29, 1.82) is 0 Å². The molecule has 1 aromatic heterocycles. The number of aryl methyl sites for hydroxylation is 1. The van der Waals surface area contributed by atoms with E-state index in [9.17, 15) is 4.79 Å². The van der Waals surface area contributed by atoms with Crippen LogP contribution in [0, 0.1) is 0 Å². The van der Waals surface area contributed by atoms with Crippen molar-refractivity contribution in [1.82, 2.24) is 4.98 Å². The van der Waals surface area contributed by atoms with Gasteiger partial charge in [-0.3, -0.25) is 4.79 Å². The molecule has 156 valence electrons. The Hall–Kier alpha value is -3.06. The van der Waals surface area contributed by atoms with Gasteiger partial charge >= 0.3 is 0 Å². The van der Waals surface area contributed by atoms with Crippen molar-refractivity contribution < 1.29 is 9.53 Å². The minimum absolute atomic E-state index is 0.00240. The van der Waals surface area contributed by atoms with E-state index in [1.807, 2.05) is 48.7 Å². The molecule has 1 saturated heterocycles. The molecular formula is C23H26N4O2S. The van der Waals surface area contributed by atoms with Gasteiger partial charge < -0.3 is 19.9 Å². The van der Waals surface area contributed by atoms with Crippen molar-refractivity contribution in [3.63, 3.8) is 0 Å². The average Bonchev–Trinajstić information content (AvgIpc) is 3.27. The number of carbonyl (C=O) groups is 1. The first-order valence-electron chi connectivity index (χ1n) is 10.1. The van der Waals surface area contributed by atoms with E-state index in [1.165, 1.54) is 22.6 Å². The number of benzene rings is 2. The number of hydrogen-bond acceptors (Lipinski definition) is 6. The Morgan fingerprint density at radius 2 is 1.83 bits per heavy atom. The van der Waals surface area contributed by atoms with Gasteiger partial charge in [-0.25, -0.2) is 4.98 Å². The van der Waals surface area contributed by atoms with Crippen LogP contribution >= 0.6 is 11.3 Å². The maximum Gasteiger partial charge on any atom is 0.226 e. The van der Waals surface area contributed by atoms with E-state index in [2.05, 4.69) is 32.2 Å². The summed E-state index contributed by atoms with van der Waals surface area (Å²) in [6.45, 7) is 3.70. The van der Waals surface area contributed by atoms with Gasteiger partial charge in [-0.1, -0.05) is 47.7 Å². The van der Waals surface area contributed by atoms with Crippen LogP contribution in [0.1, 0.15) is 12.0 Å². The number of methoxy groups -OCH3 is 1. The maximum absolute atomic E-state index is 12.2. The van der Waals surface area contributed by atoms with Gasteiger partial charge in [0.2, 0.25) is 5.91 Å². The van der Waals surface area contributed by atoms with E-state index in [4.69, 9.17) is 4.74 Å². The number of nitrogens with one attached hydrogen (secondary N) is 1. The Balaban J connectivity index is 1.27. The van der Waals surface area contributed by atoms with Gasteiger partial charge in [-0.2, -0.15) is 0 Å². The van der Waals surface area contributed by atoms with Gasteiger partial charge in [-0.15, -0.1) is 0 Å². The van der Waals surface area contributed by atoms with Crippen LogP contribution in [0.5, 0.6) is 5.75 Å². The summed E-state index contributed by atoms with van der Waals surface area (Å²) in [6, 6.07) is 18.2. The molecule has 0 spiro atoms. The van der Waals surface area contributed by atoms with Crippen LogP contribution in [0.4, 0.5) is 15.8 Å². The minimum atomic E-state index is 0.00240. The average molecular weight is 423 g/mol. The standard InChI is InChI=1S/C23H26N4O2S/c1-29-20-9-5-8-19(16-20)26-12-14-27(15-13-26)22-17-24-23(30-22)25-21(28)11-10-18-6-3-2-4-7-18/h2-9,16-17H,10-15H2,1H3,(H,24,25,28). The Kier molecular flexibility index (Phi) is 6.49. The fourth-order valence-electron chi connectivity index (χ4n) is 3.55. The van der Waals surface area contributed by atoms with E-state index in [-0.39, 0.29) is 5.91 Å². The van der Waals surface area contributed by atoms with Gasteiger partial charge in [0.15, 0.2) is 5.13 Å². The zero-order chi connectivity index (χ0) is 20.8. The van der Waals surface area contributed by atoms with Crippen LogP contribution in [0.2, 0.25) is 0 Å². The summed E-state index contributed by atoms with van der Waals surface area (Å²) in [5.41, 5.74) is 2.35. The van der Waals surface area contributed by atoms with E-state index < -0.39 is 0 Å². The lowest BCUT2D eigenvalue weighted by Crippen LogP contribution is -2.46. The van der Waals surface area contributed by atoms with Gasteiger partial charge in [0.25, 0.3) is 0 Å². The molecule has 0 aliphatic carbocycles. The molecule has 0 saturated carbocycles. The van der Waals surface area contributed by atoms with Gasteiger partial charge in [-0.05, 0) is 24.1 Å². The lowest BCUT2D eigenvalue weighted by molar-refractivity contribution is -0.116. The number of nitrogens with zero attached hydrogens (tertiary/aromatic N) is 3. The number of piperazine rings is 1. The number of hydrogen-bond donors (Lipinski definition) is 1. The topological polar surface area (TPSA) is 57.7 Å². The van der Waals surface area contributed by atoms with Crippen molar-refractivity contribution in [2.24, 2.45) is 0 Å². The molecule has 30 heavy (non-hydrogen) atoms. The zero-order valence-corrected chi connectivity index (χ0v) is 17.9. The second kappa shape index (κ2) is 9.63. The predicted octanol–water partition coefficient (Wildman–Crippen LogP) is 4.05. The predicted molar refractivity (Wildman–Crippen MR) is 123 cm³/mol. The van der Waals surface area contributed by atoms with Crippen molar-refractivity contribution in [3.05, 3.63) is 66.4 Å². The van der Waals surface area contributed by atoms with Crippen LogP contribution in [0.3, 0.4) is 0 Å². The van der Waals surface area contributed by atoms with Crippen LogP contribution in [-0.4, -0.2) is 44.2 Å². The number of rotatable bonds is 7. The third-order valence-electron chi connectivity index (χ3n) is 5.23. The number of amides is 1. The number of anilines is 3. The molecule has 0 unspecified atom stereocenters. The summed E-state index contributed by atoms with van der Waals surface area (Å²) in [5, 5.41) is 4.70. The molecule has 0 bridgehead atoms. The molecule has 1 fully saturated rings. The molecule has 1 aliphatic rings. The van der Waals surface area contributed by atoms with Crippen molar-refractivity contribution in [2.75, 3.05) is 48.4 Å². The number of thiazole rings is 1. The Labute approximate surface area is 181 Å². The third kappa shape index (κ3) is 5.10. The van der Waals surface area contributed by atoms with Gasteiger partial charge in [0.1, 0.15) is 10.8 Å². The van der Waals surface area contributed by atoms with Gasteiger partial charge in [0.05, 0.1) is 13.3 Å².